The molecule has 1 aromatic heterocycles. The number of nitriles is 1. The third-order valence-electron chi connectivity index (χ3n) is 6.62. The number of hydrogen-bond acceptors (Lipinski definition) is 4. The number of carbonyl (C=O) groups is 1. The fourth-order valence-electron chi connectivity index (χ4n) is 4.18. The van der Waals surface area contributed by atoms with E-state index in [-0.39, 0.29) is 24.3 Å². The molecule has 0 unspecified atom stereocenters. The first-order valence-electron chi connectivity index (χ1n) is 13.0. The van der Waals surface area contributed by atoms with Crippen molar-refractivity contribution in [1.82, 2.24) is 25.1 Å². The van der Waals surface area contributed by atoms with Crippen LogP contribution in [0.5, 0.6) is 0 Å². The Morgan fingerprint density at radius 3 is 2.72 bits per heavy atom. The van der Waals surface area contributed by atoms with Crippen molar-refractivity contribution < 1.29 is 4.79 Å². The van der Waals surface area contributed by atoms with Gasteiger partial charge in [-0.25, -0.2) is 4.98 Å². The first-order valence-corrected chi connectivity index (χ1v) is 13.8. The first kappa shape index (κ1) is 29.9. The van der Waals surface area contributed by atoms with E-state index in [1.54, 1.807) is 30.7 Å². The van der Waals surface area contributed by atoms with E-state index >= 15 is 0 Å². The van der Waals surface area contributed by atoms with Crippen LogP contribution in [0.25, 0.3) is 0 Å². The Balaban J connectivity index is 1.71. The van der Waals surface area contributed by atoms with Gasteiger partial charge in [-0.1, -0.05) is 62.2 Å². The molecule has 0 saturated heterocycles. The zero-order valence-electron chi connectivity index (χ0n) is 22.4. The lowest BCUT2D eigenvalue weighted by molar-refractivity contribution is -0.121. The molecular formula is C30H35ClN6OS. The third kappa shape index (κ3) is 9.24. The number of halogens is 1. The molecule has 0 fully saturated rings. The molecule has 204 valence electrons. The van der Waals surface area contributed by atoms with Gasteiger partial charge in [0.05, 0.1) is 24.4 Å². The molecule has 2 atom stereocenters. The Hall–Kier alpha value is -3.67. The van der Waals surface area contributed by atoms with Crippen LogP contribution in [0, 0.1) is 17.2 Å². The van der Waals surface area contributed by atoms with Crippen LogP contribution < -0.4 is 10.6 Å². The van der Waals surface area contributed by atoms with Gasteiger partial charge >= 0.3 is 0 Å². The second-order valence-corrected chi connectivity index (χ2v) is 10.4. The average molecular weight is 563 g/mol. The summed E-state index contributed by atoms with van der Waals surface area (Å²) in [4.78, 5) is 19.6. The van der Waals surface area contributed by atoms with E-state index < -0.39 is 0 Å². The van der Waals surface area contributed by atoms with Gasteiger partial charge in [0.2, 0.25) is 5.91 Å². The molecule has 2 N–H and O–H groups in total. The number of nitrogens with zero attached hydrogens (tertiary/aromatic N) is 4. The van der Waals surface area contributed by atoms with Crippen molar-refractivity contribution >= 4 is 34.8 Å². The molecule has 9 heteroatoms. The van der Waals surface area contributed by atoms with Gasteiger partial charge in [0.25, 0.3) is 0 Å². The quantitative estimate of drug-likeness (QED) is 0.223. The second kappa shape index (κ2) is 15.1. The SMILES string of the molecule is C=CCNC(=S)N(Cc1cccc(Cl)c1)C[C@@H](NC(=O)Cc1cncn1Cc1ccc(C#N)cc1)[C@@H](C)CC. The zero-order valence-corrected chi connectivity index (χ0v) is 24.0. The molecule has 3 aromatic rings. The van der Waals surface area contributed by atoms with Crippen LogP contribution in [0.1, 0.15) is 42.7 Å². The summed E-state index contributed by atoms with van der Waals surface area (Å²) in [5, 5.41) is 16.8. The first-order chi connectivity index (χ1) is 18.8. The fraction of sp³-hybridized carbons (Fsp3) is 0.333. The van der Waals surface area contributed by atoms with E-state index in [0.717, 1.165) is 23.2 Å². The number of amides is 1. The van der Waals surface area contributed by atoms with Crippen LogP contribution in [0.2, 0.25) is 5.02 Å². The van der Waals surface area contributed by atoms with Crippen LogP contribution in [-0.4, -0.2) is 44.6 Å². The molecule has 0 radical (unpaired) electrons. The number of benzene rings is 2. The van der Waals surface area contributed by atoms with Gasteiger partial charge in [-0.15, -0.1) is 6.58 Å². The van der Waals surface area contributed by atoms with E-state index in [1.807, 2.05) is 41.0 Å². The lowest BCUT2D eigenvalue weighted by atomic mass is 9.98. The van der Waals surface area contributed by atoms with Crippen molar-refractivity contribution in [2.45, 2.75) is 45.8 Å². The number of imidazole rings is 1. The molecule has 39 heavy (non-hydrogen) atoms. The highest BCUT2D eigenvalue weighted by Gasteiger charge is 2.24. The van der Waals surface area contributed by atoms with Crippen molar-refractivity contribution in [2.24, 2.45) is 5.92 Å². The minimum absolute atomic E-state index is 0.0745. The molecular weight excluding hydrogens is 528 g/mol. The largest absolute Gasteiger partial charge is 0.359 e. The van der Waals surface area contributed by atoms with Crippen molar-refractivity contribution in [1.29, 1.82) is 5.26 Å². The normalized spacial score (nSPS) is 12.2. The van der Waals surface area contributed by atoms with Gasteiger partial charge in [-0.2, -0.15) is 5.26 Å². The summed E-state index contributed by atoms with van der Waals surface area (Å²) in [5.41, 5.74) is 3.50. The molecule has 1 heterocycles. The van der Waals surface area contributed by atoms with Crippen LogP contribution in [0.4, 0.5) is 0 Å². The number of thiocarbonyl (C=S) groups is 1. The average Bonchev–Trinajstić information content (AvgIpc) is 3.36. The molecule has 3 rings (SSSR count). The topological polar surface area (TPSA) is 86.0 Å². The lowest BCUT2D eigenvalue weighted by Crippen LogP contribution is -2.51. The van der Waals surface area contributed by atoms with Gasteiger partial charge in [-0.05, 0) is 53.5 Å². The molecule has 0 saturated carbocycles. The predicted molar refractivity (Wildman–Crippen MR) is 160 cm³/mol. The summed E-state index contributed by atoms with van der Waals surface area (Å²) < 4.78 is 1.96. The fourth-order valence-corrected chi connectivity index (χ4v) is 4.61. The molecule has 0 aliphatic heterocycles. The Bertz CT molecular complexity index is 1300. The summed E-state index contributed by atoms with van der Waals surface area (Å²) in [5.74, 6) is 0.149. The van der Waals surface area contributed by atoms with Crippen LogP contribution in [0.15, 0.2) is 73.7 Å². The van der Waals surface area contributed by atoms with Crippen molar-refractivity contribution in [3.63, 3.8) is 0 Å². The summed E-state index contributed by atoms with van der Waals surface area (Å²) in [6.45, 7) is 10.2. The zero-order chi connectivity index (χ0) is 28.2. The molecule has 7 nitrogen and oxygen atoms in total. The van der Waals surface area contributed by atoms with E-state index in [1.165, 1.54) is 0 Å². The predicted octanol–water partition coefficient (Wildman–Crippen LogP) is 5.09. The van der Waals surface area contributed by atoms with Crippen LogP contribution in [-0.2, 0) is 24.3 Å². The highest BCUT2D eigenvalue weighted by molar-refractivity contribution is 7.80. The van der Waals surface area contributed by atoms with Crippen molar-refractivity contribution in [3.8, 4) is 6.07 Å². The Kier molecular flexibility index (Phi) is 11.5. The number of carbonyl (C=O) groups excluding carboxylic acids is 1. The molecule has 0 spiro atoms. The Labute approximate surface area is 241 Å². The second-order valence-electron chi connectivity index (χ2n) is 9.54. The standard InChI is InChI=1S/C30H35ClN6OS/c1-4-13-34-30(39)36(19-25-7-6-8-26(31)14-25)20-28(22(3)5-2)35-29(38)15-27-17-33-21-37(27)18-24-11-9-23(16-32)10-12-24/h4,6-12,14,17,21-22,28H,1,5,13,15,18-20H2,2-3H3,(H,34,39)(H,35,38)/t22-,28+/m0/s1. The summed E-state index contributed by atoms with van der Waals surface area (Å²) in [7, 11) is 0. The van der Waals surface area contributed by atoms with E-state index in [9.17, 15) is 4.79 Å². The minimum atomic E-state index is -0.125. The molecule has 2 aromatic carbocycles. The summed E-state index contributed by atoms with van der Waals surface area (Å²) in [6, 6.07) is 17.1. The summed E-state index contributed by atoms with van der Waals surface area (Å²) >= 11 is 11.9. The molecule has 0 aliphatic rings. The van der Waals surface area contributed by atoms with Gasteiger partial charge in [0, 0.05) is 49.1 Å². The number of aromatic nitrogens is 2. The minimum Gasteiger partial charge on any atom is -0.359 e. The Morgan fingerprint density at radius 1 is 1.28 bits per heavy atom. The van der Waals surface area contributed by atoms with Gasteiger partial charge in [0.1, 0.15) is 0 Å². The maximum absolute atomic E-state index is 13.3. The van der Waals surface area contributed by atoms with Gasteiger partial charge in [0.15, 0.2) is 5.11 Å². The number of nitrogens with one attached hydrogen (secondary N) is 2. The van der Waals surface area contributed by atoms with Crippen LogP contribution in [0.3, 0.4) is 0 Å². The van der Waals surface area contributed by atoms with Crippen LogP contribution >= 0.6 is 23.8 Å². The summed E-state index contributed by atoms with van der Waals surface area (Å²) in [6.07, 6.45) is 6.32. The molecule has 0 bridgehead atoms. The van der Waals surface area contributed by atoms with E-state index in [2.05, 4.69) is 47.0 Å². The maximum Gasteiger partial charge on any atom is 0.226 e. The van der Waals surface area contributed by atoms with E-state index in [4.69, 9.17) is 29.1 Å². The monoisotopic (exact) mass is 562 g/mol. The number of hydrogen-bond donors (Lipinski definition) is 2. The third-order valence-corrected chi connectivity index (χ3v) is 7.26. The highest BCUT2D eigenvalue weighted by atomic mass is 35.5. The van der Waals surface area contributed by atoms with E-state index in [0.29, 0.717) is 41.9 Å². The highest BCUT2D eigenvalue weighted by Crippen LogP contribution is 2.16. The number of rotatable bonds is 13. The maximum atomic E-state index is 13.3. The van der Waals surface area contributed by atoms with Gasteiger partial charge < -0.3 is 20.1 Å². The lowest BCUT2D eigenvalue weighted by Gasteiger charge is -2.33. The van der Waals surface area contributed by atoms with Crippen molar-refractivity contribution in [2.75, 3.05) is 13.1 Å². The Morgan fingerprint density at radius 2 is 2.05 bits per heavy atom. The smallest absolute Gasteiger partial charge is 0.226 e. The van der Waals surface area contributed by atoms with Crippen molar-refractivity contribution in [3.05, 3.63) is 101 Å². The molecule has 0 aliphatic carbocycles. The van der Waals surface area contributed by atoms with Gasteiger partial charge in [-0.3, -0.25) is 4.79 Å². The molecule has 1 amide bonds.